The molecule has 1 aromatic heterocycles. The van der Waals surface area contributed by atoms with Gasteiger partial charge in [-0.2, -0.15) is 0 Å². The number of hydrogen-bond acceptors (Lipinski definition) is 8. The van der Waals surface area contributed by atoms with Crippen LogP contribution in [0.1, 0.15) is 49.7 Å². The Balaban J connectivity index is 1.24. The summed E-state index contributed by atoms with van der Waals surface area (Å²) >= 11 is 5.42. The lowest BCUT2D eigenvalue weighted by Crippen LogP contribution is -2.52. The van der Waals surface area contributed by atoms with E-state index in [0.717, 1.165) is 31.6 Å². The Kier molecular flexibility index (Phi) is 6.93. The van der Waals surface area contributed by atoms with Crippen LogP contribution in [0, 0.1) is 4.77 Å². The van der Waals surface area contributed by atoms with Crippen molar-refractivity contribution in [3.05, 3.63) is 16.9 Å². The highest BCUT2D eigenvalue weighted by molar-refractivity contribution is 7.71. The molecule has 35 heavy (non-hydrogen) atoms. The Bertz CT molecular complexity index is 1180. The molecule has 1 saturated carbocycles. The number of piperazine rings is 1. The van der Waals surface area contributed by atoms with Crippen molar-refractivity contribution in [2.45, 2.75) is 57.0 Å². The van der Waals surface area contributed by atoms with Crippen molar-refractivity contribution in [2.24, 2.45) is 0 Å². The predicted octanol–water partition coefficient (Wildman–Crippen LogP) is 3.47. The third kappa shape index (κ3) is 4.61. The Morgan fingerprint density at radius 3 is 2.46 bits per heavy atom. The zero-order valence-corrected chi connectivity index (χ0v) is 21.2. The number of hydrogen-bond donors (Lipinski definition) is 1. The molecule has 188 valence electrons. The van der Waals surface area contributed by atoms with E-state index in [1.165, 1.54) is 36.7 Å². The van der Waals surface area contributed by atoms with E-state index in [4.69, 9.17) is 21.7 Å². The highest BCUT2D eigenvalue weighted by Crippen LogP contribution is 2.37. The van der Waals surface area contributed by atoms with Crippen LogP contribution in [0.25, 0.3) is 10.9 Å². The number of nitrogens with one attached hydrogen (secondary N) is 1. The third-order valence-corrected chi connectivity index (χ3v) is 7.90. The number of amides is 1. The van der Waals surface area contributed by atoms with Crippen LogP contribution >= 0.6 is 12.2 Å². The van der Waals surface area contributed by atoms with Crippen LogP contribution in [0.3, 0.4) is 0 Å². The Labute approximate surface area is 210 Å². The summed E-state index contributed by atoms with van der Waals surface area (Å²) in [6, 6.07) is 3.71. The molecule has 2 aliphatic heterocycles. The number of aromatic nitrogens is 2. The van der Waals surface area contributed by atoms with Crippen molar-refractivity contribution in [3.63, 3.8) is 0 Å². The van der Waals surface area contributed by atoms with Crippen LogP contribution in [0.2, 0.25) is 0 Å². The van der Waals surface area contributed by atoms with Crippen LogP contribution in [-0.4, -0.2) is 83.6 Å². The first-order valence-corrected chi connectivity index (χ1v) is 12.9. The number of nitrogens with zero attached hydrogens (tertiary/aromatic N) is 4. The van der Waals surface area contributed by atoms with Crippen molar-refractivity contribution in [1.82, 2.24) is 19.4 Å². The molecular weight excluding hydrogens is 466 g/mol. The molecule has 3 heterocycles. The van der Waals surface area contributed by atoms with Crippen LogP contribution < -0.4 is 14.8 Å². The van der Waals surface area contributed by atoms with Gasteiger partial charge in [0.05, 0.1) is 19.7 Å². The van der Waals surface area contributed by atoms with Gasteiger partial charge in [-0.3, -0.25) is 14.5 Å². The fourth-order valence-corrected chi connectivity index (χ4v) is 5.93. The summed E-state index contributed by atoms with van der Waals surface area (Å²) in [6.07, 6.45) is 7.30. The SMILES string of the molecule is COc1cc2nc(=S)n3c(c2cc1OC)N[C@@H](CCC(=O)N1CCN(C2CCCCC2)CC1)C3=O. The second-order valence-electron chi connectivity index (χ2n) is 9.59. The lowest BCUT2D eigenvalue weighted by molar-refractivity contribution is -0.133. The van der Waals surface area contributed by atoms with Gasteiger partial charge in [0.2, 0.25) is 10.7 Å². The second-order valence-corrected chi connectivity index (χ2v) is 9.95. The number of carbonyl (C=O) groups excluding carboxylic acids is 2. The topological polar surface area (TPSA) is 88.9 Å². The molecule has 3 aliphatic rings. The first kappa shape index (κ1) is 24.0. The van der Waals surface area contributed by atoms with Gasteiger partial charge in [-0.1, -0.05) is 19.3 Å². The quantitative estimate of drug-likeness (QED) is 0.605. The van der Waals surface area contributed by atoms with Crippen molar-refractivity contribution < 1.29 is 19.1 Å². The number of fused-ring (bicyclic) bond motifs is 3. The van der Waals surface area contributed by atoms with E-state index in [-0.39, 0.29) is 16.6 Å². The first-order valence-electron chi connectivity index (χ1n) is 12.5. The highest BCUT2D eigenvalue weighted by atomic mass is 32.1. The van der Waals surface area contributed by atoms with E-state index >= 15 is 0 Å². The smallest absolute Gasteiger partial charge is 0.257 e. The number of anilines is 1. The number of benzene rings is 1. The molecule has 10 heteroatoms. The summed E-state index contributed by atoms with van der Waals surface area (Å²) in [6.45, 7) is 3.42. The lowest BCUT2D eigenvalue weighted by Gasteiger charge is -2.40. The van der Waals surface area contributed by atoms with Crippen molar-refractivity contribution in [1.29, 1.82) is 0 Å². The number of rotatable bonds is 6. The van der Waals surface area contributed by atoms with Crippen LogP contribution in [0.15, 0.2) is 12.1 Å². The standard InChI is InChI=1S/C25H33N5O4S/c1-33-20-14-17-19(15-21(20)34-2)27-25(35)30-23(17)26-18(24(30)32)8-9-22(31)29-12-10-28(11-13-29)16-6-4-3-5-7-16/h14-16,18,26H,3-13H2,1-2H3/t18-/m0/s1. The molecule has 9 nitrogen and oxygen atoms in total. The first-order chi connectivity index (χ1) is 17.0. The van der Waals surface area contributed by atoms with Crippen molar-refractivity contribution >= 4 is 40.8 Å². The van der Waals surface area contributed by atoms with Gasteiger partial charge < -0.3 is 19.7 Å². The van der Waals surface area contributed by atoms with Crippen LogP contribution in [-0.2, 0) is 4.79 Å². The van der Waals surface area contributed by atoms with Gasteiger partial charge in [0.1, 0.15) is 11.9 Å². The van der Waals surface area contributed by atoms with E-state index < -0.39 is 6.04 Å². The fourth-order valence-electron chi connectivity index (χ4n) is 5.65. The zero-order chi connectivity index (χ0) is 24.5. The van der Waals surface area contributed by atoms with Gasteiger partial charge in [0.15, 0.2) is 11.5 Å². The summed E-state index contributed by atoms with van der Waals surface area (Å²) < 4.78 is 12.4. The predicted molar refractivity (Wildman–Crippen MR) is 136 cm³/mol. The molecule has 1 aromatic carbocycles. The molecular formula is C25H33N5O4S. The molecule has 0 bridgehead atoms. The maximum Gasteiger partial charge on any atom is 0.257 e. The molecule has 1 aliphatic carbocycles. The average molecular weight is 500 g/mol. The number of methoxy groups -OCH3 is 2. The number of ether oxygens (including phenoxy) is 2. The number of carbonyl (C=O) groups is 2. The molecule has 1 amide bonds. The van der Waals surface area contributed by atoms with Gasteiger partial charge in [0.25, 0.3) is 5.91 Å². The van der Waals surface area contributed by atoms with Gasteiger partial charge in [0, 0.05) is 50.1 Å². The summed E-state index contributed by atoms with van der Waals surface area (Å²) in [4.78, 5) is 35.0. The summed E-state index contributed by atoms with van der Waals surface area (Å²) in [5.41, 5.74) is 0.617. The molecule has 2 aromatic rings. The van der Waals surface area contributed by atoms with Gasteiger partial charge in [-0.05, 0) is 37.5 Å². The summed E-state index contributed by atoms with van der Waals surface area (Å²) in [5.74, 6) is 1.61. The molecule has 2 fully saturated rings. The largest absolute Gasteiger partial charge is 0.493 e. The molecule has 0 radical (unpaired) electrons. The van der Waals surface area contributed by atoms with E-state index in [9.17, 15) is 9.59 Å². The summed E-state index contributed by atoms with van der Waals surface area (Å²) in [7, 11) is 3.12. The van der Waals surface area contributed by atoms with Crippen LogP contribution in [0.5, 0.6) is 11.5 Å². The third-order valence-electron chi connectivity index (χ3n) is 7.62. The molecule has 1 saturated heterocycles. The molecule has 1 atom stereocenters. The van der Waals surface area contributed by atoms with E-state index in [0.29, 0.717) is 41.7 Å². The van der Waals surface area contributed by atoms with Gasteiger partial charge >= 0.3 is 0 Å². The minimum Gasteiger partial charge on any atom is -0.493 e. The Morgan fingerprint density at radius 1 is 1.09 bits per heavy atom. The van der Waals surface area contributed by atoms with Crippen LogP contribution in [0.4, 0.5) is 5.82 Å². The monoisotopic (exact) mass is 499 g/mol. The lowest BCUT2D eigenvalue weighted by atomic mass is 9.94. The highest BCUT2D eigenvalue weighted by Gasteiger charge is 2.34. The van der Waals surface area contributed by atoms with E-state index in [1.807, 2.05) is 4.90 Å². The maximum absolute atomic E-state index is 13.2. The molecule has 5 rings (SSSR count). The van der Waals surface area contributed by atoms with Crippen molar-refractivity contribution in [3.8, 4) is 11.5 Å². The summed E-state index contributed by atoms with van der Waals surface area (Å²) in [5, 5.41) is 4.02. The van der Waals surface area contributed by atoms with Crippen molar-refractivity contribution in [2.75, 3.05) is 45.7 Å². The van der Waals surface area contributed by atoms with E-state index in [2.05, 4.69) is 15.2 Å². The molecule has 0 unspecified atom stereocenters. The normalized spacial score (nSPS) is 21.1. The Morgan fingerprint density at radius 2 is 1.77 bits per heavy atom. The Hall–Kier alpha value is -2.72. The zero-order valence-electron chi connectivity index (χ0n) is 20.4. The minimum atomic E-state index is -0.523. The van der Waals surface area contributed by atoms with E-state index in [1.54, 1.807) is 26.4 Å². The molecule has 1 N–H and O–H groups in total. The molecule has 0 spiro atoms. The fraction of sp³-hybridized carbons (Fsp3) is 0.600. The average Bonchev–Trinajstić information content (AvgIpc) is 3.24. The minimum absolute atomic E-state index is 0.108. The van der Waals surface area contributed by atoms with Gasteiger partial charge in [-0.25, -0.2) is 9.55 Å². The van der Waals surface area contributed by atoms with Gasteiger partial charge in [-0.15, -0.1) is 0 Å². The maximum atomic E-state index is 13.2. The second kappa shape index (κ2) is 10.1.